The maximum absolute atomic E-state index is 13.4. The van der Waals surface area contributed by atoms with Gasteiger partial charge in [-0.25, -0.2) is 19.3 Å². The number of anilines is 1. The Kier molecular flexibility index (Phi) is 6.35. The molecule has 4 heterocycles. The molecule has 2 fully saturated rings. The molecule has 3 aromatic heterocycles. The van der Waals surface area contributed by atoms with Gasteiger partial charge in [0, 0.05) is 43.3 Å². The van der Waals surface area contributed by atoms with Crippen molar-refractivity contribution in [3.63, 3.8) is 0 Å². The van der Waals surface area contributed by atoms with E-state index in [1.54, 1.807) is 33.0 Å². The van der Waals surface area contributed by atoms with Crippen LogP contribution in [0, 0.1) is 11.3 Å². The monoisotopic (exact) mass is 497 g/mol. The molecule has 10 nitrogen and oxygen atoms in total. The van der Waals surface area contributed by atoms with Gasteiger partial charge in [0.2, 0.25) is 0 Å². The molecule has 0 radical (unpaired) electrons. The van der Waals surface area contributed by atoms with Crippen LogP contribution in [0.3, 0.4) is 0 Å². The number of carboxylic acid groups (broad SMARTS) is 1. The number of aromatic nitrogens is 4. The molecule has 0 bridgehead atoms. The molecule has 3 N–H and O–H groups in total. The van der Waals surface area contributed by atoms with Crippen molar-refractivity contribution in [2.45, 2.75) is 52.0 Å². The van der Waals surface area contributed by atoms with Crippen LogP contribution in [0.25, 0.3) is 16.2 Å². The number of amides is 2. The predicted octanol–water partition coefficient (Wildman–Crippen LogP) is 3.96. The molecule has 1 saturated heterocycles. The molecule has 0 aromatic carbocycles. The minimum atomic E-state index is -1.03. The number of rotatable bonds is 8. The van der Waals surface area contributed by atoms with Gasteiger partial charge in [-0.1, -0.05) is 26.7 Å². The maximum atomic E-state index is 13.4. The first-order valence-corrected chi connectivity index (χ1v) is 13.0. The molecule has 0 spiro atoms. The zero-order valence-corrected chi connectivity index (χ0v) is 20.8. The Bertz CT molecular complexity index is 1220. The van der Waals surface area contributed by atoms with Crippen LogP contribution in [0.4, 0.5) is 10.6 Å². The van der Waals surface area contributed by atoms with E-state index in [1.807, 2.05) is 11.6 Å². The fourth-order valence-electron chi connectivity index (χ4n) is 4.72. The summed E-state index contributed by atoms with van der Waals surface area (Å²) in [5.41, 5.74) is 1.24. The molecule has 2 amide bonds. The highest BCUT2D eigenvalue weighted by Gasteiger charge is 2.30. The molecule has 0 atom stereocenters. The Balaban J connectivity index is 1.39. The van der Waals surface area contributed by atoms with Gasteiger partial charge in [-0.3, -0.25) is 4.79 Å². The largest absolute Gasteiger partial charge is 0.465 e. The van der Waals surface area contributed by atoms with Crippen LogP contribution in [-0.2, 0) is 0 Å². The second-order valence-electron chi connectivity index (χ2n) is 10.4. The zero-order chi connectivity index (χ0) is 24.6. The highest BCUT2D eigenvalue weighted by atomic mass is 32.1. The molecular formula is C24H31N7O3S. The number of thiazole rings is 1. The summed E-state index contributed by atoms with van der Waals surface area (Å²) in [6.07, 6.45) is 7.55. The molecule has 3 aromatic rings. The van der Waals surface area contributed by atoms with E-state index in [0.29, 0.717) is 43.3 Å². The van der Waals surface area contributed by atoms with E-state index >= 15 is 0 Å². The fourth-order valence-corrected chi connectivity index (χ4v) is 5.51. The molecule has 11 heteroatoms. The predicted molar refractivity (Wildman–Crippen MR) is 134 cm³/mol. The van der Waals surface area contributed by atoms with Crippen molar-refractivity contribution in [1.29, 1.82) is 0 Å². The Labute approximate surface area is 207 Å². The SMILES string of the molecule is CC(C)(CNc1cc(C(=O)N2CCC(NC(=O)O)CC2)nc(-c2cnn3ccsc23)n1)CC1CC1. The average molecular weight is 498 g/mol. The van der Waals surface area contributed by atoms with Crippen LogP contribution in [0.15, 0.2) is 23.8 Å². The molecule has 1 saturated carbocycles. The van der Waals surface area contributed by atoms with E-state index in [1.165, 1.54) is 19.3 Å². The van der Waals surface area contributed by atoms with Gasteiger partial charge in [-0.05, 0) is 30.6 Å². The number of carbonyl (C=O) groups is 2. The van der Waals surface area contributed by atoms with Crippen LogP contribution >= 0.6 is 11.3 Å². The number of nitrogens with zero attached hydrogens (tertiary/aromatic N) is 5. The highest BCUT2D eigenvalue weighted by Crippen LogP contribution is 2.40. The Morgan fingerprint density at radius 2 is 1.97 bits per heavy atom. The standard InChI is InChI=1S/C24H31N7O3S/c1-24(2,12-15-3-4-15)14-25-19-11-18(21(32)30-7-5-16(6-8-30)27-23(33)34)28-20(29-19)17-13-26-31-9-10-35-22(17)31/h9-11,13,15-16,27H,3-8,12,14H2,1-2H3,(H,33,34)(H,25,28,29). The lowest BCUT2D eigenvalue weighted by molar-refractivity contribution is 0.0700. The van der Waals surface area contributed by atoms with Gasteiger partial charge in [-0.2, -0.15) is 5.10 Å². The first kappa shape index (κ1) is 23.5. The molecule has 5 rings (SSSR count). The summed E-state index contributed by atoms with van der Waals surface area (Å²) in [5, 5.41) is 21.3. The minimum absolute atomic E-state index is 0.119. The number of piperidine rings is 1. The average Bonchev–Trinajstić information content (AvgIpc) is 3.33. The summed E-state index contributed by atoms with van der Waals surface area (Å²) in [5.74, 6) is 1.75. The van der Waals surface area contributed by atoms with Crippen molar-refractivity contribution in [3.05, 3.63) is 29.5 Å². The van der Waals surface area contributed by atoms with Crippen molar-refractivity contribution in [2.24, 2.45) is 11.3 Å². The van der Waals surface area contributed by atoms with Crippen LogP contribution in [-0.4, -0.2) is 67.3 Å². The lowest BCUT2D eigenvalue weighted by atomic mass is 9.87. The van der Waals surface area contributed by atoms with Crippen molar-refractivity contribution >= 4 is 34.0 Å². The van der Waals surface area contributed by atoms with Crippen molar-refractivity contribution in [1.82, 2.24) is 29.8 Å². The van der Waals surface area contributed by atoms with Crippen LogP contribution in [0.2, 0.25) is 0 Å². The molecule has 186 valence electrons. The second-order valence-corrected chi connectivity index (χ2v) is 11.2. The maximum Gasteiger partial charge on any atom is 0.404 e. The summed E-state index contributed by atoms with van der Waals surface area (Å²) in [4.78, 5) is 36.4. The summed E-state index contributed by atoms with van der Waals surface area (Å²) in [7, 11) is 0. The summed E-state index contributed by atoms with van der Waals surface area (Å²) >= 11 is 1.55. The molecule has 2 aliphatic rings. The molecule has 0 unspecified atom stereocenters. The third-order valence-electron chi connectivity index (χ3n) is 6.71. The van der Waals surface area contributed by atoms with Crippen molar-refractivity contribution in [3.8, 4) is 11.4 Å². The van der Waals surface area contributed by atoms with Crippen LogP contribution in [0.5, 0.6) is 0 Å². The van der Waals surface area contributed by atoms with E-state index in [0.717, 1.165) is 22.9 Å². The van der Waals surface area contributed by atoms with Crippen LogP contribution in [0.1, 0.15) is 56.4 Å². The van der Waals surface area contributed by atoms with Crippen molar-refractivity contribution in [2.75, 3.05) is 25.0 Å². The Morgan fingerprint density at radius 1 is 1.20 bits per heavy atom. The van der Waals surface area contributed by atoms with E-state index in [9.17, 15) is 9.59 Å². The number of carbonyl (C=O) groups excluding carboxylic acids is 1. The van der Waals surface area contributed by atoms with Gasteiger partial charge in [0.15, 0.2) is 5.82 Å². The number of hydrogen-bond donors (Lipinski definition) is 3. The first-order chi connectivity index (χ1) is 16.8. The smallest absolute Gasteiger partial charge is 0.404 e. The number of nitrogens with one attached hydrogen (secondary N) is 2. The lowest BCUT2D eigenvalue weighted by Crippen LogP contribution is -2.46. The van der Waals surface area contributed by atoms with Gasteiger partial charge in [-0.15, -0.1) is 11.3 Å². The Hall–Kier alpha value is -3.21. The highest BCUT2D eigenvalue weighted by molar-refractivity contribution is 7.16. The summed E-state index contributed by atoms with van der Waals surface area (Å²) in [6.45, 7) is 6.22. The minimum Gasteiger partial charge on any atom is -0.465 e. The van der Waals surface area contributed by atoms with E-state index in [2.05, 4.69) is 34.6 Å². The summed E-state index contributed by atoms with van der Waals surface area (Å²) < 4.78 is 1.78. The quantitative estimate of drug-likeness (QED) is 0.430. The van der Waals surface area contributed by atoms with Gasteiger partial charge in [0.1, 0.15) is 16.3 Å². The lowest BCUT2D eigenvalue weighted by Gasteiger charge is -2.31. The number of hydrogen-bond acceptors (Lipinski definition) is 7. The zero-order valence-electron chi connectivity index (χ0n) is 20.0. The van der Waals surface area contributed by atoms with Gasteiger partial charge in [0.25, 0.3) is 5.91 Å². The first-order valence-electron chi connectivity index (χ1n) is 12.1. The van der Waals surface area contributed by atoms with Gasteiger partial charge >= 0.3 is 6.09 Å². The molecule has 1 aliphatic heterocycles. The fraction of sp³-hybridized carbons (Fsp3) is 0.542. The third kappa shape index (κ3) is 5.55. The van der Waals surface area contributed by atoms with Crippen molar-refractivity contribution < 1.29 is 14.7 Å². The van der Waals surface area contributed by atoms with E-state index < -0.39 is 6.09 Å². The van der Waals surface area contributed by atoms with Gasteiger partial charge < -0.3 is 20.6 Å². The van der Waals surface area contributed by atoms with Gasteiger partial charge in [0.05, 0.1) is 11.8 Å². The van der Waals surface area contributed by atoms with E-state index in [-0.39, 0.29) is 17.4 Å². The van der Waals surface area contributed by atoms with Crippen LogP contribution < -0.4 is 10.6 Å². The molecular weight excluding hydrogens is 466 g/mol. The van der Waals surface area contributed by atoms with E-state index in [4.69, 9.17) is 10.1 Å². The molecule has 1 aliphatic carbocycles. The number of likely N-dealkylation sites (tertiary alicyclic amines) is 1. The number of fused-ring (bicyclic) bond motifs is 1. The topological polar surface area (TPSA) is 125 Å². The third-order valence-corrected chi connectivity index (χ3v) is 7.60. The normalized spacial score (nSPS) is 17.0. The summed E-state index contributed by atoms with van der Waals surface area (Å²) in [6, 6.07) is 1.60. The second kappa shape index (κ2) is 9.44. The Morgan fingerprint density at radius 3 is 2.69 bits per heavy atom. The molecule has 35 heavy (non-hydrogen) atoms.